The second kappa shape index (κ2) is 8.01. The SMILES string of the molecule is CCCC1=C(C(=O)OC)C(c2ccc(OC)c(OC)c2)NC(=S)N1. The normalized spacial score (nSPS) is 17.0. The third-order valence-corrected chi connectivity index (χ3v) is 4.02. The summed E-state index contributed by atoms with van der Waals surface area (Å²) >= 11 is 5.30. The Bertz CT molecular complexity index is 673. The third kappa shape index (κ3) is 3.62. The zero-order valence-corrected chi connectivity index (χ0v) is 15.1. The minimum Gasteiger partial charge on any atom is -0.493 e. The molecule has 0 amide bonds. The molecule has 2 rings (SSSR count). The number of carbonyl (C=O) groups excluding carboxylic acids is 1. The molecule has 0 spiro atoms. The number of hydrogen-bond acceptors (Lipinski definition) is 5. The first kappa shape index (κ1) is 18.1. The Morgan fingerprint density at radius 3 is 2.50 bits per heavy atom. The highest BCUT2D eigenvalue weighted by atomic mass is 32.1. The van der Waals surface area contributed by atoms with Crippen LogP contribution in [0, 0.1) is 0 Å². The fraction of sp³-hybridized carbons (Fsp3) is 0.412. The van der Waals surface area contributed by atoms with Crippen LogP contribution in [0.2, 0.25) is 0 Å². The van der Waals surface area contributed by atoms with Crippen molar-refractivity contribution >= 4 is 23.3 Å². The molecule has 0 saturated heterocycles. The Balaban J connectivity index is 2.54. The van der Waals surface area contributed by atoms with Crippen LogP contribution in [0.5, 0.6) is 11.5 Å². The van der Waals surface area contributed by atoms with Crippen LogP contribution in [0.4, 0.5) is 0 Å². The highest BCUT2D eigenvalue weighted by molar-refractivity contribution is 7.80. The molecule has 6 nitrogen and oxygen atoms in total. The summed E-state index contributed by atoms with van der Waals surface area (Å²) in [6, 6.07) is 5.10. The summed E-state index contributed by atoms with van der Waals surface area (Å²) in [7, 11) is 4.52. The molecule has 0 fully saturated rings. The maximum Gasteiger partial charge on any atom is 0.337 e. The van der Waals surface area contributed by atoms with Crippen LogP contribution in [-0.2, 0) is 9.53 Å². The van der Waals surface area contributed by atoms with Gasteiger partial charge in [0.2, 0.25) is 0 Å². The van der Waals surface area contributed by atoms with E-state index in [2.05, 4.69) is 10.6 Å². The predicted molar refractivity (Wildman–Crippen MR) is 95.1 cm³/mol. The van der Waals surface area contributed by atoms with Gasteiger partial charge in [-0.1, -0.05) is 19.4 Å². The standard InChI is InChI=1S/C17H22N2O4S/c1-5-6-11-14(16(20)23-4)15(19-17(24)18-11)10-7-8-12(21-2)13(9-10)22-3/h7-9,15H,5-6H2,1-4H3,(H2,18,19,24). The van der Waals surface area contributed by atoms with E-state index in [9.17, 15) is 4.79 Å². The summed E-state index contributed by atoms with van der Waals surface area (Å²) in [5.74, 6) is 0.818. The molecule has 7 heteroatoms. The summed E-state index contributed by atoms with van der Waals surface area (Å²) in [5.41, 5.74) is 2.15. The second-order valence-corrected chi connectivity index (χ2v) is 5.69. The molecule has 1 aliphatic heterocycles. The molecule has 1 aromatic rings. The van der Waals surface area contributed by atoms with Crippen molar-refractivity contribution in [3.8, 4) is 11.5 Å². The molecule has 1 unspecified atom stereocenters. The van der Waals surface area contributed by atoms with Crippen molar-refractivity contribution in [3.63, 3.8) is 0 Å². The molecule has 0 radical (unpaired) electrons. The quantitative estimate of drug-likeness (QED) is 0.603. The van der Waals surface area contributed by atoms with Crippen molar-refractivity contribution in [2.24, 2.45) is 0 Å². The van der Waals surface area contributed by atoms with Gasteiger partial charge in [-0.3, -0.25) is 0 Å². The fourth-order valence-corrected chi connectivity index (χ4v) is 2.94. The van der Waals surface area contributed by atoms with Crippen molar-refractivity contribution in [2.75, 3.05) is 21.3 Å². The lowest BCUT2D eigenvalue weighted by molar-refractivity contribution is -0.136. The summed E-state index contributed by atoms with van der Waals surface area (Å²) in [6.45, 7) is 2.04. The first-order valence-corrected chi connectivity index (χ1v) is 8.07. The lowest BCUT2D eigenvalue weighted by Gasteiger charge is -2.31. The smallest absolute Gasteiger partial charge is 0.337 e. The van der Waals surface area contributed by atoms with Gasteiger partial charge in [0.05, 0.1) is 32.9 Å². The van der Waals surface area contributed by atoms with Crippen molar-refractivity contribution in [1.29, 1.82) is 0 Å². The molecule has 0 aromatic heterocycles. The van der Waals surface area contributed by atoms with Crippen LogP contribution in [0.1, 0.15) is 31.4 Å². The van der Waals surface area contributed by atoms with Crippen LogP contribution in [-0.4, -0.2) is 32.4 Å². The van der Waals surface area contributed by atoms with Crippen LogP contribution in [0.15, 0.2) is 29.5 Å². The van der Waals surface area contributed by atoms with Gasteiger partial charge < -0.3 is 24.8 Å². The van der Waals surface area contributed by atoms with E-state index >= 15 is 0 Å². The van der Waals surface area contributed by atoms with Gasteiger partial charge in [-0.25, -0.2) is 4.79 Å². The van der Waals surface area contributed by atoms with Gasteiger partial charge in [0.15, 0.2) is 16.6 Å². The molecular weight excluding hydrogens is 328 g/mol. The molecule has 130 valence electrons. The van der Waals surface area contributed by atoms with Crippen molar-refractivity contribution in [1.82, 2.24) is 10.6 Å². The number of methoxy groups -OCH3 is 3. The highest BCUT2D eigenvalue weighted by Gasteiger charge is 2.32. The van der Waals surface area contributed by atoms with Gasteiger partial charge in [0.1, 0.15) is 0 Å². The lowest BCUT2D eigenvalue weighted by Crippen LogP contribution is -2.45. The Labute approximate surface area is 147 Å². The number of thiocarbonyl (C=S) groups is 1. The molecule has 0 bridgehead atoms. The van der Waals surface area contributed by atoms with E-state index in [1.807, 2.05) is 19.1 Å². The highest BCUT2D eigenvalue weighted by Crippen LogP contribution is 2.35. The van der Waals surface area contributed by atoms with E-state index < -0.39 is 6.04 Å². The number of hydrogen-bond donors (Lipinski definition) is 2. The van der Waals surface area contributed by atoms with Crippen molar-refractivity contribution in [3.05, 3.63) is 35.0 Å². The minimum absolute atomic E-state index is 0.388. The largest absolute Gasteiger partial charge is 0.493 e. The monoisotopic (exact) mass is 350 g/mol. The lowest BCUT2D eigenvalue weighted by atomic mass is 9.93. The Morgan fingerprint density at radius 1 is 1.21 bits per heavy atom. The van der Waals surface area contributed by atoms with Gasteiger partial charge in [0.25, 0.3) is 0 Å². The Kier molecular flexibility index (Phi) is 6.03. The average molecular weight is 350 g/mol. The first-order valence-electron chi connectivity index (χ1n) is 7.66. The second-order valence-electron chi connectivity index (χ2n) is 5.28. The molecule has 2 N–H and O–H groups in total. The summed E-state index contributed by atoms with van der Waals surface area (Å²) < 4.78 is 15.6. The third-order valence-electron chi connectivity index (χ3n) is 3.80. The van der Waals surface area contributed by atoms with Crippen molar-refractivity contribution in [2.45, 2.75) is 25.8 Å². The predicted octanol–water partition coefficient (Wildman–Crippen LogP) is 2.45. The average Bonchev–Trinajstić information content (AvgIpc) is 2.60. The molecule has 1 atom stereocenters. The van der Waals surface area contributed by atoms with E-state index in [4.69, 9.17) is 26.4 Å². The molecule has 0 aliphatic carbocycles. The number of esters is 1. The fourth-order valence-electron chi connectivity index (χ4n) is 2.70. The Hall–Kier alpha value is -2.28. The maximum absolute atomic E-state index is 12.4. The molecule has 1 aromatic carbocycles. The molecule has 1 aliphatic rings. The minimum atomic E-state index is -0.410. The van der Waals surface area contributed by atoms with E-state index in [0.717, 1.165) is 17.7 Å². The number of nitrogens with one attached hydrogen (secondary N) is 2. The summed E-state index contributed by atoms with van der Waals surface area (Å²) in [5, 5.41) is 6.69. The molecule has 1 heterocycles. The van der Waals surface area contributed by atoms with Crippen LogP contribution in [0.25, 0.3) is 0 Å². The van der Waals surface area contributed by atoms with E-state index in [-0.39, 0.29) is 5.97 Å². The van der Waals surface area contributed by atoms with E-state index in [1.165, 1.54) is 7.11 Å². The van der Waals surface area contributed by atoms with E-state index in [1.54, 1.807) is 20.3 Å². The number of carbonyl (C=O) groups is 1. The molecule has 24 heavy (non-hydrogen) atoms. The van der Waals surface area contributed by atoms with Crippen LogP contribution < -0.4 is 20.1 Å². The van der Waals surface area contributed by atoms with Crippen LogP contribution in [0.3, 0.4) is 0 Å². The Morgan fingerprint density at radius 2 is 1.92 bits per heavy atom. The number of benzene rings is 1. The number of rotatable bonds is 6. The van der Waals surface area contributed by atoms with Gasteiger partial charge in [0, 0.05) is 5.70 Å². The summed E-state index contributed by atoms with van der Waals surface area (Å²) in [4.78, 5) is 12.4. The maximum atomic E-state index is 12.4. The molecular formula is C17H22N2O4S. The van der Waals surface area contributed by atoms with Gasteiger partial charge in [-0.05, 0) is 36.3 Å². The topological polar surface area (TPSA) is 68.8 Å². The van der Waals surface area contributed by atoms with Crippen LogP contribution >= 0.6 is 12.2 Å². The van der Waals surface area contributed by atoms with Gasteiger partial charge in [-0.15, -0.1) is 0 Å². The first-order chi connectivity index (χ1) is 11.5. The zero-order chi connectivity index (χ0) is 17.7. The number of allylic oxidation sites excluding steroid dienone is 1. The van der Waals surface area contributed by atoms with Gasteiger partial charge in [-0.2, -0.15) is 0 Å². The van der Waals surface area contributed by atoms with Gasteiger partial charge >= 0.3 is 5.97 Å². The number of ether oxygens (including phenoxy) is 3. The summed E-state index contributed by atoms with van der Waals surface area (Å²) in [6.07, 6.45) is 1.58. The molecule has 0 saturated carbocycles. The van der Waals surface area contributed by atoms with E-state index in [0.29, 0.717) is 28.6 Å². The van der Waals surface area contributed by atoms with Crippen molar-refractivity contribution < 1.29 is 19.0 Å². The zero-order valence-electron chi connectivity index (χ0n) is 14.3.